The Bertz CT molecular complexity index is 551. The van der Waals surface area contributed by atoms with Gasteiger partial charge in [0.15, 0.2) is 6.29 Å². The molecule has 1 fully saturated rings. The average molecular weight is 293 g/mol. The number of nitrogens with zero attached hydrogens (tertiary/aromatic N) is 3. The highest BCUT2D eigenvalue weighted by molar-refractivity contribution is 5.66. The smallest absolute Gasteiger partial charge is 0.407 e. The third kappa shape index (κ3) is 3.18. The molecule has 2 N–H and O–H groups in total. The number of carboxylic acid groups (broad SMARTS) is 1. The maximum atomic E-state index is 11.1. The molecular weight excluding hydrogens is 274 g/mol. The van der Waals surface area contributed by atoms with E-state index in [1.807, 2.05) is 0 Å². The molecule has 0 saturated carbocycles. The Morgan fingerprint density at radius 1 is 1.48 bits per heavy atom. The van der Waals surface area contributed by atoms with E-state index in [1.165, 1.54) is 18.0 Å². The molecule has 1 aliphatic heterocycles. The van der Waals surface area contributed by atoms with Crippen LogP contribution in [0.2, 0.25) is 0 Å². The first-order chi connectivity index (χ1) is 9.85. The van der Waals surface area contributed by atoms with Crippen molar-refractivity contribution < 1.29 is 19.8 Å². The number of aromatic nitrogens is 2. The first kappa shape index (κ1) is 15.4. The molecule has 0 spiro atoms. The number of aryl methyl sites for hydroxylation is 1. The summed E-state index contributed by atoms with van der Waals surface area (Å²) in [5.41, 5.74) is -0.589. The zero-order chi connectivity index (χ0) is 15.6. The van der Waals surface area contributed by atoms with Gasteiger partial charge in [0.25, 0.3) is 0 Å². The summed E-state index contributed by atoms with van der Waals surface area (Å²) in [6, 6.07) is 0. The van der Waals surface area contributed by atoms with E-state index in [0.29, 0.717) is 49.3 Å². The number of aldehydes is 1. The Labute approximate surface area is 122 Å². The Kier molecular flexibility index (Phi) is 4.22. The summed E-state index contributed by atoms with van der Waals surface area (Å²) in [4.78, 5) is 31.8. The first-order valence-corrected chi connectivity index (χ1v) is 6.85. The Hall–Kier alpha value is -2.02. The van der Waals surface area contributed by atoms with E-state index < -0.39 is 11.7 Å². The fourth-order valence-electron chi connectivity index (χ4n) is 2.60. The van der Waals surface area contributed by atoms with Gasteiger partial charge in [0.2, 0.25) is 0 Å². The lowest BCUT2D eigenvalue weighted by Crippen LogP contribution is -2.38. The predicted octanol–water partition coefficient (Wildman–Crippen LogP) is 1.05. The average Bonchev–Trinajstić information content (AvgIpc) is 2.47. The van der Waals surface area contributed by atoms with Gasteiger partial charge in [-0.15, -0.1) is 0 Å². The summed E-state index contributed by atoms with van der Waals surface area (Å²) in [5, 5.41) is 19.2. The third-order valence-corrected chi connectivity index (χ3v) is 3.87. The van der Waals surface area contributed by atoms with Crippen molar-refractivity contribution in [3.63, 3.8) is 0 Å². The molecule has 21 heavy (non-hydrogen) atoms. The van der Waals surface area contributed by atoms with Crippen molar-refractivity contribution in [2.75, 3.05) is 13.1 Å². The normalized spacial score (nSPS) is 19.1. The Morgan fingerprint density at radius 3 is 2.62 bits per heavy atom. The minimum Gasteiger partial charge on any atom is -0.465 e. The van der Waals surface area contributed by atoms with Crippen molar-refractivity contribution in [2.24, 2.45) is 0 Å². The molecule has 114 valence electrons. The van der Waals surface area contributed by atoms with Gasteiger partial charge in [-0.3, -0.25) is 4.79 Å². The molecule has 1 saturated heterocycles. The van der Waals surface area contributed by atoms with Gasteiger partial charge in [0.05, 0.1) is 5.69 Å². The fourth-order valence-corrected chi connectivity index (χ4v) is 2.60. The van der Waals surface area contributed by atoms with Crippen LogP contribution in [-0.2, 0) is 10.4 Å². The number of rotatable bonds is 3. The van der Waals surface area contributed by atoms with E-state index in [-0.39, 0.29) is 5.92 Å². The van der Waals surface area contributed by atoms with Crippen molar-refractivity contribution in [1.82, 2.24) is 14.9 Å². The lowest BCUT2D eigenvalue weighted by molar-refractivity contribution is -0.123. The number of likely N-dealkylation sites (tertiary alicyclic amines) is 1. The highest BCUT2D eigenvalue weighted by Gasteiger charge is 2.32. The number of piperidine rings is 1. The molecule has 0 bridgehead atoms. The van der Waals surface area contributed by atoms with Crippen LogP contribution in [0.25, 0.3) is 0 Å². The highest BCUT2D eigenvalue weighted by Crippen LogP contribution is 2.32. The van der Waals surface area contributed by atoms with Crippen LogP contribution in [0.5, 0.6) is 0 Å². The Morgan fingerprint density at radius 2 is 2.10 bits per heavy atom. The topological polar surface area (TPSA) is 104 Å². The van der Waals surface area contributed by atoms with Gasteiger partial charge in [0.1, 0.15) is 11.4 Å². The molecule has 1 unspecified atom stereocenters. The number of hydrogen-bond acceptors (Lipinski definition) is 5. The summed E-state index contributed by atoms with van der Waals surface area (Å²) >= 11 is 0. The number of carbonyl (C=O) groups is 2. The first-order valence-electron chi connectivity index (χ1n) is 6.85. The van der Waals surface area contributed by atoms with Crippen molar-refractivity contribution in [3.8, 4) is 0 Å². The second-order valence-electron chi connectivity index (χ2n) is 5.53. The molecule has 1 amide bonds. The highest BCUT2D eigenvalue weighted by atomic mass is 16.4. The Balaban J connectivity index is 2.30. The molecule has 2 heterocycles. The molecule has 1 aliphatic rings. The van der Waals surface area contributed by atoms with E-state index in [1.54, 1.807) is 6.92 Å². The monoisotopic (exact) mass is 293 g/mol. The molecule has 7 nitrogen and oxygen atoms in total. The molecular formula is C14H19N3O4. The van der Waals surface area contributed by atoms with Crippen molar-refractivity contribution in [2.45, 2.75) is 38.2 Å². The van der Waals surface area contributed by atoms with Crippen LogP contribution in [-0.4, -0.2) is 50.5 Å². The SMILES string of the molecule is Cc1ncc(C(C)(O)C=O)c(C2CCN(C(=O)O)CC2)n1. The van der Waals surface area contributed by atoms with Gasteiger partial charge in [0, 0.05) is 30.8 Å². The van der Waals surface area contributed by atoms with Crippen LogP contribution in [0.1, 0.15) is 42.8 Å². The van der Waals surface area contributed by atoms with Crippen LogP contribution >= 0.6 is 0 Å². The second-order valence-corrected chi connectivity index (χ2v) is 5.53. The summed E-state index contributed by atoms with van der Waals surface area (Å²) in [7, 11) is 0. The van der Waals surface area contributed by atoms with Gasteiger partial charge in [-0.05, 0) is 26.7 Å². The van der Waals surface area contributed by atoms with E-state index >= 15 is 0 Å². The maximum absolute atomic E-state index is 11.1. The van der Waals surface area contributed by atoms with Gasteiger partial charge in [-0.25, -0.2) is 14.8 Å². The zero-order valence-electron chi connectivity index (χ0n) is 12.1. The quantitative estimate of drug-likeness (QED) is 0.807. The van der Waals surface area contributed by atoms with Crippen LogP contribution in [0.15, 0.2) is 6.20 Å². The van der Waals surface area contributed by atoms with Gasteiger partial charge >= 0.3 is 6.09 Å². The minimum absolute atomic E-state index is 0.0173. The molecule has 1 aromatic rings. The molecule has 2 rings (SSSR count). The summed E-state index contributed by atoms with van der Waals surface area (Å²) in [6.45, 7) is 4.00. The van der Waals surface area contributed by atoms with Crippen molar-refractivity contribution >= 4 is 12.4 Å². The standard InChI is InChI=1S/C14H19N3O4/c1-9-15-7-11(14(2,21)8-18)12(16-9)10-3-5-17(6-4-10)13(19)20/h7-8,10,21H,3-6H2,1-2H3,(H,19,20). The van der Waals surface area contributed by atoms with Crippen LogP contribution < -0.4 is 0 Å². The lowest BCUT2D eigenvalue weighted by atomic mass is 9.86. The fraction of sp³-hybridized carbons (Fsp3) is 0.571. The van der Waals surface area contributed by atoms with Gasteiger partial charge in [-0.2, -0.15) is 0 Å². The molecule has 0 aliphatic carbocycles. The molecule has 1 aromatic heterocycles. The largest absolute Gasteiger partial charge is 0.465 e. The predicted molar refractivity (Wildman–Crippen MR) is 74.0 cm³/mol. The number of amides is 1. The van der Waals surface area contributed by atoms with Gasteiger partial charge in [-0.1, -0.05) is 0 Å². The van der Waals surface area contributed by atoms with Crippen LogP contribution in [0.3, 0.4) is 0 Å². The summed E-state index contributed by atoms with van der Waals surface area (Å²) in [6.07, 6.45) is 2.26. The molecule has 1 atom stereocenters. The number of carbonyl (C=O) groups excluding carboxylic acids is 1. The lowest BCUT2D eigenvalue weighted by Gasteiger charge is -2.31. The van der Waals surface area contributed by atoms with Crippen molar-refractivity contribution in [3.05, 3.63) is 23.3 Å². The molecule has 0 radical (unpaired) electrons. The summed E-state index contributed by atoms with van der Waals surface area (Å²) < 4.78 is 0. The van der Waals surface area contributed by atoms with Gasteiger partial charge < -0.3 is 15.1 Å². The van der Waals surface area contributed by atoms with E-state index in [0.717, 1.165) is 0 Å². The van der Waals surface area contributed by atoms with E-state index in [4.69, 9.17) is 5.11 Å². The minimum atomic E-state index is -1.63. The number of aliphatic hydroxyl groups is 1. The number of hydrogen-bond donors (Lipinski definition) is 2. The van der Waals surface area contributed by atoms with Crippen LogP contribution in [0.4, 0.5) is 4.79 Å². The summed E-state index contributed by atoms with van der Waals surface area (Å²) in [5.74, 6) is 0.583. The maximum Gasteiger partial charge on any atom is 0.407 e. The van der Waals surface area contributed by atoms with Crippen LogP contribution in [0, 0.1) is 6.92 Å². The third-order valence-electron chi connectivity index (χ3n) is 3.87. The second kappa shape index (κ2) is 5.77. The van der Waals surface area contributed by atoms with Crippen molar-refractivity contribution in [1.29, 1.82) is 0 Å². The zero-order valence-corrected chi connectivity index (χ0v) is 12.1. The molecule has 0 aromatic carbocycles. The van der Waals surface area contributed by atoms with E-state index in [9.17, 15) is 14.7 Å². The molecule has 7 heteroatoms. The van der Waals surface area contributed by atoms with E-state index in [2.05, 4.69) is 9.97 Å².